The molecule has 0 heterocycles. The van der Waals surface area contributed by atoms with Gasteiger partial charge in [-0.2, -0.15) is 0 Å². The van der Waals surface area contributed by atoms with E-state index in [4.69, 9.17) is 26.8 Å². The second kappa shape index (κ2) is 7.34. The molecular weight excluding hydrogens is 286 g/mol. The lowest BCUT2D eigenvalue weighted by atomic mass is 10.0. The number of ether oxygens (including phenoxy) is 2. The average molecular weight is 306 g/mol. The van der Waals surface area contributed by atoms with Crippen molar-refractivity contribution >= 4 is 11.6 Å². The van der Waals surface area contributed by atoms with Crippen molar-refractivity contribution < 1.29 is 9.47 Å². The Morgan fingerprint density at radius 3 is 2.57 bits per heavy atom. The number of hydrogen-bond acceptors (Lipinski definition) is 3. The molecule has 112 valence electrons. The third-order valence-corrected chi connectivity index (χ3v) is 3.69. The lowest BCUT2D eigenvalue weighted by Crippen LogP contribution is -2.31. The van der Waals surface area contributed by atoms with Crippen LogP contribution in [0, 0.1) is 0 Å². The highest BCUT2D eigenvalue weighted by molar-refractivity contribution is 6.32. The Kier molecular flexibility index (Phi) is 5.48. The molecule has 4 heteroatoms. The first-order valence-corrected chi connectivity index (χ1v) is 7.34. The zero-order valence-corrected chi connectivity index (χ0v) is 13.0. The van der Waals surface area contributed by atoms with Crippen LogP contribution < -0.4 is 15.2 Å². The van der Waals surface area contributed by atoms with Crippen molar-refractivity contribution in [3.63, 3.8) is 0 Å². The van der Waals surface area contributed by atoms with E-state index in [0.29, 0.717) is 10.8 Å². The largest absolute Gasteiger partial charge is 0.497 e. The smallest absolute Gasteiger partial charge is 0.139 e. The molecular formula is C17H20ClNO2. The summed E-state index contributed by atoms with van der Waals surface area (Å²) in [5.74, 6) is 1.42. The van der Waals surface area contributed by atoms with Crippen molar-refractivity contribution in [1.82, 2.24) is 0 Å². The number of rotatable bonds is 6. The van der Waals surface area contributed by atoms with E-state index in [1.165, 1.54) is 0 Å². The van der Waals surface area contributed by atoms with E-state index in [9.17, 15) is 0 Å². The van der Waals surface area contributed by atoms with Crippen LogP contribution in [0.4, 0.5) is 0 Å². The molecule has 0 spiro atoms. The van der Waals surface area contributed by atoms with Gasteiger partial charge in [0.1, 0.15) is 17.6 Å². The topological polar surface area (TPSA) is 44.5 Å². The maximum Gasteiger partial charge on any atom is 0.139 e. The lowest BCUT2D eigenvalue weighted by Gasteiger charge is -2.25. The molecule has 2 aromatic carbocycles. The molecule has 21 heavy (non-hydrogen) atoms. The third kappa shape index (κ3) is 3.90. The van der Waals surface area contributed by atoms with Crippen LogP contribution in [-0.4, -0.2) is 13.2 Å². The van der Waals surface area contributed by atoms with Crippen molar-refractivity contribution in [2.75, 3.05) is 7.11 Å². The first-order valence-electron chi connectivity index (χ1n) is 6.96. The van der Waals surface area contributed by atoms with Crippen molar-refractivity contribution in [1.29, 1.82) is 0 Å². The Morgan fingerprint density at radius 1 is 1.14 bits per heavy atom. The minimum Gasteiger partial charge on any atom is -0.497 e. The standard InChI is InChI=1S/C17H20ClNO2/c1-3-15(19)17(12-7-6-8-13(11-12)20-2)21-16-10-5-4-9-14(16)18/h4-11,15,17H,3,19H2,1-2H3. The number of halogens is 1. The number of benzene rings is 2. The molecule has 0 saturated carbocycles. The molecule has 0 fully saturated rings. The summed E-state index contributed by atoms with van der Waals surface area (Å²) in [6.07, 6.45) is 0.525. The maximum absolute atomic E-state index is 6.23. The zero-order chi connectivity index (χ0) is 15.2. The molecule has 0 aromatic heterocycles. The fourth-order valence-electron chi connectivity index (χ4n) is 2.11. The van der Waals surface area contributed by atoms with Crippen molar-refractivity contribution in [3.8, 4) is 11.5 Å². The van der Waals surface area contributed by atoms with E-state index >= 15 is 0 Å². The van der Waals surface area contributed by atoms with Crippen LogP contribution in [0.3, 0.4) is 0 Å². The molecule has 2 N–H and O–H groups in total. The van der Waals surface area contributed by atoms with E-state index in [0.717, 1.165) is 17.7 Å². The maximum atomic E-state index is 6.23. The quantitative estimate of drug-likeness (QED) is 0.869. The van der Waals surface area contributed by atoms with Gasteiger partial charge in [-0.1, -0.05) is 42.8 Å². The predicted octanol–water partition coefficient (Wildman–Crippen LogP) is 4.21. The summed E-state index contributed by atoms with van der Waals surface area (Å²) in [5, 5.41) is 0.577. The molecule has 0 saturated heterocycles. The number of methoxy groups -OCH3 is 1. The summed E-state index contributed by atoms with van der Waals surface area (Å²) in [7, 11) is 1.64. The molecule has 2 atom stereocenters. The van der Waals surface area contributed by atoms with Gasteiger partial charge in [-0.15, -0.1) is 0 Å². The van der Waals surface area contributed by atoms with Crippen LogP contribution in [0.15, 0.2) is 48.5 Å². The normalized spacial score (nSPS) is 13.5. The van der Waals surface area contributed by atoms with Gasteiger partial charge in [-0.3, -0.25) is 0 Å². The summed E-state index contributed by atoms with van der Waals surface area (Å²) in [6, 6.07) is 15.0. The molecule has 0 radical (unpaired) electrons. The third-order valence-electron chi connectivity index (χ3n) is 3.37. The van der Waals surface area contributed by atoms with Gasteiger partial charge in [-0.05, 0) is 36.2 Å². The molecule has 0 aliphatic carbocycles. The van der Waals surface area contributed by atoms with Gasteiger partial charge < -0.3 is 15.2 Å². The first-order chi connectivity index (χ1) is 10.2. The van der Waals surface area contributed by atoms with Gasteiger partial charge in [-0.25, -0.2) is 0 Å². The van der Waals surface area contributed by atoms with Crippen molar-refractivity contribution in [2.45, 2.75) is 25.5 Å². The Labute approximate surface area is 130 Å². The molecule has 2 unspecified atom stereocenters. The van der Waals surface area contributed by atoms with E-state index in [2.05, 4.69) is 0 Å². The van der Waals surface area contributed by atoms with E-state index in [-0.39, 0.29) is 12.1 Å². The van der Waals surface area contributed by atoms with Gasteiger partial charge in [0.2, 0.25) is 0 Å². The fourth-order valence-corrected chi connectivity index (χ4v) is 2.29. The first kappa shape index (κ1) is 15.7. The van der Waals surface area contributed by atoms with Gasteiger partial charge >= 0.3 is 0 Å². The number of nitrogens with two attached hydrogens (primary N) is 1. The Bertz CT molecular complexity index is 589. The number of hydrogen-bond donors (Lipinski definition) is 1. The molecule has 0 amide bonds. The van der Waals surface area contributed by atoms with Crippen LogP contribution in [0.1, 0.15) is 25.0 Å². The Hall–Kier alpha value is -1.71. The van der Waals surface area contributed by atoms with E-state index in [1.807, 2.05) is 49.4 Å². The van der Waals surface area contributed by atoms with Crippen LogP contribution in [0.5, 0.6) is 11.5 Å². The van der Waals surface area contributed by atoms with Crippen LogP contribution in [-0.2, 0) is 0 Å². The second-order valence-electron chi connectivity index (χ2n) is 4.82. The minimum absolute atomic E-state index is 0.131. The number of para-hydroxylation sites is 1. The SMILES string of the molecule is CCC(N)C(Oc1ccccc1Cl)c1cccc(OC)c1. The molecule has 0 aliphatic heterocycles. The molecule has 0 bridgehead atoms. The van der Waals surface area contributed by atoms with Gasteiger partial charge in [0.15, 0.2) is 0 Å². The van der Waals surface area contributed by atoms with Crippen molar-refractivity contribution in [3.05, 3.63) is 59.1 Å². The Morgan fingerprint density at radius 2 is 1.90 bits per heavy atom. The highest BCUT2D eigenvalue weighted by Gasteiger charge is 2.22. The highest BCUT2D eigenvalue weighted by atomic mass is 35.5. The van der Waals surface area contributed by atoms with Gasteiger partial charge in [0.05, 0.1) is 12.1 Å². The summed E-state index contributed by atoms with van der Waals surface area (Å²) in [4.78, 5) is 0. The molecule has 3 nitrogen and oxygen atoms in total. The monoisotopic (exact) mass is 305 g/mol. The summed E-state index contributed by atoms with van der Waals surface area (Å²) < 4.78 is 11.3. The Balaban J connectivity index is 2.32. The average Bonchev–Trinajstić information content (AvgIpc) is 2.53. The summed E-state index contributed by atoms with van der Waals surface area (Å²) in [5.41, 5.74) is 7.21. The highest BCUT2D eigenvalue weighted by Crippen LogP contribution is 2.31. The fraction of sp³-hybridized carbons (Fsp3) is 0.294. The van der Waals surface area contributed by atoms with Crippen LogP contribution in [0.25, 0.3) is 0 Å². The summed E-state index contributed by atoms with van der Waals surface area (Å²) >= 11 is 6.17. The molecule has 2 aromatic rings. The van der Waals surface area contributed by atoms with E-state index in [1.54, 1.807) is 13.2 Å². The van der Waals surface area contributed by atoms with Gasteiger partial charge in [0, 0.05) is 6.04 Å². The molecule has 2 rings (SSSR count). The zero-order valence-electron chi connectivity index (χ0n) is 12.3. The second-order valence-corrected chi connectivity index (χ2v) is 5.22. The van der Waals surface area contributed by atoms with Crippen LogP contribution >= 0.6 is 11.6 Å². The van der Waals surface area contributed by atoms with Gasteiger partial charge in [0.25, 0.3) is 0 Å². The lowest BCUT2D eigenvalue weighted by molar-refractivity contribution is 0.171. The predicted molar refractivity (Wildman–Crippen MR) is 86.1 cm³/mol. The minimum atomic E-state index is -0.273. The van der Waals surface area contributed by atoms with Crippen LogP contribution in [0.2, 0.25) is 5.02 Å². The molecule has 0 aliphatic rings. The summed E-state index contributed by atoms with van der Waals surface area (Å²) in [6.45, 7) is 2.04. The van der Waals surface area contributed by atoms with E-state index < -0.39 is 0 Å². The van der Waals surface area contributed by atoms with Crippen molar-refractivity contribution in [2.24, 2.45) is 5.73 Å².